The van der Waals surface area contributed by atoms with Crippen LogP contribution >= 0.6 is 0 Å². The maximum Gasteiger partial charge on any atom is 0.322 e. The molecule has 0 aromatic heterocycles. The summed E-state index contributed by atoms with van der Waals surface area (Å²) in [6, 6.07) is 25.4. The lowest BCUT2D eigenvalue weighted by Gasteiger charge is -2.10. The van der Waals surface area contributed by atoms with Crippen LogP contribution in [0.2, 0.25) is 0 Å². The number of hydrogen-bond donors (Lipinski definition) is 1. The van der Waals surface area contributed by atoms with Crippen molar-refractivity contribution in [3.8, 4) is 11.5 Å². The van der Waals surface area contributed by atoms with Gasteiger partial charge in [0.2, 0.25) is 0 Å². The molecule has 0 radical (unpaired) electrons. The molecule has 27 heavy (non-hydrogen) atoms. The average molecular weight is 361 g/mol. The number of carbonyl (C=O) groups is 1. The molecule has 0 fully saturated rings. The van der Waals surface area contributed by atoms with Crippen LogP contribution in [0.5, 0.6) is 11.5 Å². The van der Waals surface area contributed by atoms with E-state index in [4.69, 9.17) is 10.5 Å². The minimum Gasteiger partial charge on any atom is -0.468 e. The molecule has 3 rings (SSSR count). The van der Waals surface area contributed by atoms with Crippen LogP contribution in [0.25, 0.3) is 0 Å². The summed E-state index contributed by atoms with van der Waals surface area (Å²) in [4.78, 5) is 11.4. The van der Waals surface area contributed by atoms with Gasteiger partial charge in [0, 0.05) is 0 Å². The van der Waals surface area contributed by atoms with E-state index in [9.17, 15) is 4.79 Å². The highest BCUT2D eigenvalue weighted by molar-refractivity contribution is 5.75. The molecule has 4 nitrogen and oxygen atoms in total. The van der Waals surface area contributed by atoms with Gasteiger partial charge in [-0.05, 0) is 53.8 Å². The highest BCUT2D eigenvalue weighted by Crippen LogP contribution is 2.23. The van der Waals surface area contributed by atoms with Crippen LogP contribution in [0.3, 0.4) is 0 Å². The van der Waals surface area contributed by atoms with E-state index in [2.05, 4.69) is 41.1 Å². The predicted molar refractivity (Wildman–Crippen MR) is 106 cm³/mol. The lowest BCUT2D eigenvalue weighted by atomic mass is 10.1. The predicted octanol–water partition coefficient (Wildman–Crippen LogP) is 4.11. The second-order valence-electron chi connectivity index (χ2n) is 6.39. The summed E-state index contributed by atoms with van der Waals surface area (Å²) in [5.41, 5.74) is 9.26. The van der Waals surface area contributed by atoms with E-state index in [0.717, 1.165) is 23.5 Å². The van der Waals surface area contributed by atoms with Gasteiger partial charge in [0.05, 0.1) is 7.11 Å². The maximum atomic E-state index is 11.4. The molecule has 0 aliphatic carbocycles. The van der Waals surface area contributed by atoms with Gasteiger partial charge in [0.15, 0.2) is 0 Å². The molecule has 0 spiro atoms. The highest BCUT2D eigenvalue weighted by atomic mass is 16.5. The number of rotatable bonds is 7. The van der Waals surface area contributed by atoms with Gasteiger partial charge >= 0.3 is 5.97 Å². The second kappa shape index (κ2) is 9.01. The number of hydrogen-bond acceptors (Lipinski definition) is 4. The summed E-state index contributed by atoms with van der Waals surface area (Å²) in [6.45, 7) is 0. The van der Waals surface area contributed by atoms with Gasteiger partial charge in [-0.3, -0.25) is 4.79 Å². The fourth-order valence-corrected chi connectivity index (χ4v) is 2.83. The first kappa shape index (κ1) is 18.7. The number of esters is 1. The van der Waals surface area contributed by atoms with Crippen molar-refractivity contribution in [2.75, 3.05) is 7.11 Å². The molecule has 138 valence electrons. The molecule has 4 heteroatoms. The Bertz CT molecular complexity index is 858. The summed E-state index contributed by atoms with van der Waals surface area (Å²) >= 11 is 0. The van der Waals surface area contributed by atoms with Gasteiger partial charge in [0.1, 0.15) is 17.5 Å². The topological polar surface area (TPSA) is 61.5 Å². The van der Waals surface area contributed by atoms with Crippen molar-refractivity contribution in [2.24, 2.45) is 5.73 Å². The molecular weight excluding hydrogens is 338 g/mol. The normalized spacial score (nSPS) is 11.6. The van der Waals surface area contributed by atoms with Crippen molar-refractivity contribution in [3.05, 3.63) is 95.6 Å². The molecule has 0 amide bonds. The lowest BCUT2D eigenvalue weighted by molar-refractivity contribution is -0.142. The van der Waals surface area contributed by atoms with E-state index in [1.165, 1.54) is 18.2 Å². The Morgan fingerprint density at radius 1 is 0.815 bits per heavy atom. The molecule has 0 aliphatic heterocycles. The van der Waals surface area contributed by atoms with E-state index in [-0.39, 0.29) is 0 Å². The average Bonchev–Trinajstić information content (AvgIpc) is 2.71. The van der Waals surface area contributed by atoms with Crippen LogP contribution in [0, 0.1) is 0 Å². The first-order valence-electron chi connectivity index (χ1n) is 8.87. The van der Waals surface area contributed by atoms with E-state index in [1.807, 2.05) is 42.5 Å². The fourth-order valence-electron chi connectivity index (χ4n) is 2.83. The number of methoxy groups -OCH3 is 1. The molecule has 3 aromatic rings. The van der Waals surface area contributed by atoms with Gasteiger partial charge < -0.3 is 15.2 Å². The van der Waals surface area contributed by atoms with E-state index in [0.29, 0.717) is 6.42 Å². The number of benzene rings is 3. The van der Waals surface area contributed by atoms with Crippen LogP contribution in [-0.4, -0.2) is 19.1 Å². The Hall–Kier alpha value is -3.11. The Labute approximate surface area is 159 Å². The Morgan fingerprint density at radius 3 is 1.89 bits per heavy atom. The third kappa shape index (κ3) is 5.43. The fraction of sp³-hybridized carbons (Fsp3) is 0.174. The minimum absolute atomic E-state index is 0.411. The zero-order chi connectivity index (χ0) is 19.1. The van der Waals surface area contributed by atoms with Crippen LogP contribution in [0.1, 0.15) is 16.7 Å². The third-order valence-electron chi connectivity index (χ3n) is 4.29. The lowest BCUT2D eigenvalue weighted by Crippen LogP contribution is -2.33. The van der Waals surface area contributed by atoms with Crippen molar-refractivity contribution in [2.45, 2.75) is 18.9 Å². The molecular formula is C23H23NO3. The van der Waals surface area contributed by atoms with Crippen molar-refractivity contribution in [1.29, 1.82) is 0 Å². The number of ether oxygens (including phenoxy) is 2. The third-order valence-corrected chi connectivity index (χ3v) is 4.29. The van der Waals surface area contributed by atoms with Crippen molar-refractivity contribution >= 4 is 5.97 Å². The summed E-state index contributed by atoms with van der Waals surface area (Å²) in [5.74, 6) is 1.11. The summed E-state index contributed by atoms with van der Waals surface area (Å²) in [6.07, 6.45) is 1.33. The molecule has 0 saturated heterocycles. The van der Waals surface area contributed by atoms with Gasteiger partial charge in [-0.1, -0.05) is 54.6 Å². The molecule has 2 N–H and O–H groups in total. The van der Waals surface area contributed by atoms with Crippen molar-refractivity contribution < 1.29 is 14.3 Å². The van der Waals surface area contributed by atoms with Crippen molar-refractivity contribution in [1.82, 2.24) is 0 Å². The van der Waals surface area contributed by atoms with Crippen LogP contribution in [0.15, 0.2) is 78.9 Å². The Kier molecular flexibility index (Phi) is 6.23. The van der Waals surface area contributed by atoms with E-state index >= 15 is 0 Å². The standard InChI is InChI=1S/C23H23NO3/c1-26-23(25)22(24)16-19-9-13-21(14-10-19)27-20-11-7-18(8-12-20)15-17-5-3-2-4-6-17/h2-14,22H,15-16,24H2,1H3. The SMILES string of the molecule is COC(=O)C(N)Cc1ccc(Oc2ccc(Cc3ccccc3)cc2)cc1. The van der Waals surface area contributed by atoms with Gasteiger partial charge in [-0.15, -0.1) is 0 Å². The first-order chi connectivity index (χ1) is 13.1. The quantitative estimate of drug-likeness (QED) is 0.643. The monoisotopic (exact) mass is 361 g/mol. The molecule has 0 saturated carbocycles. The Balaban J connectivity index is 1.58. The zero-order valence-corrected chi connectivity index (χ0v) is 15.3. The molecule has 0 bridgehead atoms. The van der Waals surface area contributed by atoms with Gasteiger partial charge in [0.25, 0.3) is 0 Å². The molecule has 0 heterocycles. The van der Waals surface area contributed by atoms with Crippen LogP contribution in [-0.2, 0) is 22.4 Å². The van der Waals surface area contributed by atoms with Gasteiger partial charge in [-0.2, -0.15) is 0 Å². The van der Waals surface area contributed by atoms with E-state index in [1.54, 1.807) is 0 Å². The molecule has 1 atom stereocenters. The molecule has 0 aliphatic rings. The minimum atomic E-state index is -0.654. The largest absolute Gasteiger partial charge is 0.468 e. The number of nitrogens with two attached hydrogens (primary N) is 1. The summed E-state index contributed by atoms with van der Waals surface area (Å²) in [7, 11) is 1.34. The number of carbonyl (C=O) groups excluding carboxylic acids is 1. The second-order valence-corrected chi connectivity index (χ2v) is 6.39. The van der Waals surface area contributed by atoms with Crippen LogP contribution in [0.4, 0.5) is 0 Å². The maximum absolute atomic E-state index is 11.4. The zero-order valence-electron chi connectivity index (χ0n) is 15.3. The van der Waals surface area contributed by atoms with Crippen molar-refractivity contribution in [3.63, 3.8) is 0 Å². The smallest absolute Gasteiger partial charge is 0.322 e. The Morgan fingerprint density at radius 2 is 1.33 bits per heavy atom. The van der Waals surface area contributed by atoms with E-state index < -0.39 is 12.0 Å². The summed E-state index contributed by atoms with van der Waals surface area (Å²) in [5, 5.41) is 0. The van der Waals surface area contributed by atoms with Crippen LogP contribution < -0.4 is 10.5 Å². The highest BCUT2D eigenvalue weighted by Gasteiger charge is 2.14. The molecule has 1 unspecified atom stereocenters. The summed E-state index contributed by atoms with van der Waals surface area (Å²) < 4.78 is 10.5. The van der Waals surface area contributed by atoms with Gasteiger partial charge in [-0.25, -0.2) is 0 Å². The molecule has 3 aromatic carbocycles. The first-order valence-corrected chi connectivity index (χ1v) is 8.87.